The molecule has 0 saturated heterocycles. The van der Waals surface area contributed by atoms with Gasteiger partial charge in [0, 0.05) is 19.9 Å². The number of ether oxygens (including phenoxy) is 1. The van der Waals surface area contributed by atoms with Gasteiger partial charge in [-0.05, 0) is 24.6 Å². The summed E-state index contributed by atoms with van der Waals surface area (Å²) in [4.78, 5) is 22.0. The van der Waals surface area contributed by atoms with Crippen LogP contribution in [0.3, 0.4) is 0 Å². The van der Waals surface area contributed by atoms with Gasteiger partial charge in [0.15, 0.2) is 5.82 Å². The smallest absolute Gasteiger partial charge is 0.239 e. The average Bonchev–Trinajstić information content (AvgIpc) is 3.31. The summed E-state index contributed by atoms with van der Waals surface area (Å²) >= 11 is 0. The van der Waals surface area contributed by atoms with Crippen molar-refractivity contribution >= 4 is 5.91 Å². The lowest BCUT2D eigenvalue weighted by Gasteiger charge is -2.17. The van der Waals surface area contributed by atoms with Crippen LogP contribution in [0.1, 0.15) is 17.9 Å². The lowest BCUT2D eigenvalue weighted by molar-refractivity contribution is -0.130. The fraction of sp³-hybridized carbons (Fsp3) is 0.353. The molecule has 3 rings (SSSR count). The third-order valence-corrected chi connectivity index (χ3v) is 3.76. The second-order valence-corrected chi connectivity index (χ2v) is 5.83. The molecule has 0 aliphatic rings. The van der Waals surface area contributed by atoms with Crippen molar-refractivity contribution in [3.05, 3.63) is 42.0 Å². The summed E-state index contributed by atoms with van der Waals surface area (Å²) in [5.74, 6) is 1.92. The lowest BCUT2D eigenvalue weighted by atomic mass is 10.2. The first-order valence-corrected chi connectivity index (χ1v) is 8.23. The van der Waals surface area contributed by atoms with Gasteiger partial charge in [-0.2, -0.15) is 10.1 Å². The maximum Gasteiger partial charge on any atom is 0.239 e. The molecule has 3 aromatic rings. The molecule has 2 aromatic heterocycles. The number of hydrogen-bond acceptors (Lipinski definition) is 7. The predicted molar refractivity (Wildman–Crippen MR) is 92.3 cm³/mol. The Morgan fingerprint density at radius 2 is 2.27 bits per heavy atom. The Hall–Kier alpha value is -3.23. The molecule has 136 valence electrons. The number of rotatable bonds is 8. The number of amides is 1. The topological polar surface area (TPSA) is 110 Å². The van der Waals surface area contributed by atoms with E-state index in [0.29, 0.717) is 37.1 Å². The molecule has 9 heteroatoms. The van der Waals surface area contributed by atoms with Crippen LogP contribution in [0, 0.1) is 6.92 Å². The zero-order chi connectivity index (χ0) is 18.4. The number of likely N-dealkylation sites (N-methyl/N-ethyl adjacent to an activating group) is 1. The van der Waals surface area contributed by atoms with Gasteiger partial charge in [-0.3, -0.25) is 9.89 Å². The first-order chi connectivity index (χ1) is 12.6. The summed E-state index contributed by atoms with van der Waals surface area (Å²) in [6.45, 7) is 2.94. The largest absolute Gasteiger partial charge is 0.492 e. The number of nitrogens with zero attached hydrogens (tertiary/aromatic N) is 5. The standard InChI is InChI=1S/C17H20N6O3/c1-12-4-3-5-13(10-12)25-9-8-23(2)15(24)7-6-14-20-17(22-26-14)16-18-11-19-21-16/h3-5,10-11H,6-9H2,1-2H3,(H,18,19,21). The van der Waals surface area contributed by atoms with Crippen LogP contribution in [-0.4, -0.2) is 56.3 Å². The van der Waals surface area contributed by atoms with Crippen molar-refractivity contribution in [2.45, 2.75) is 19.8 Å². The van der Waals surface area contributed by atoms with Gasteiger partial charge in [0.1, 0.15) is 18.7 Å². The van der Waals surface area contributed by atoms with E-state index in [-0.39, 0.29) is 12.3 Å². The zero-order valence-electron chi connectivity index (χ0n) is 14.7. The minimum Gasteiger partial charge on any atom is -0.492 e. The van der Waals surface area contributed by atoms with Crippen molar-refractivity contribution in [2.75, 3.05) is 20.2 Å². The van der Waals surface area contributed by atoms with E-state index < -0.39 is 0 Å². The Balaban J connectivity index is 1.41. The Bertz CT molecular complexity index is 846. The average molecular weight is 356 g/mol. The molecular formula is C17H20N6O3. The molecule has 1 N–H and O–H groups in total. The number of nitrogens with one attached hydrogen (secondary N) is 1. The van der Waals surface area contributed by atoms with Gasteiger partial charge in [-0.25, -0.2) is 4.98 Å². The molecule has 26 heavy (non-hydrogen) atoms. The summed E-state index contributed by atoms with van der Waals surface area (Å²) in [6, 6.07) is 7.81. The third kappa shape index (κ3) is 4.65. The minimum absolute atomic E-state index is 0.0164. The number of aryl methyl sites for hydroxylation is 2. The Labute approximate surface area is 150 Å². The number of carbonyl (C=O) groups excluding carboxylic acids is 1. The Morgan fingerprint density at radius 1 is 1.38 bits per heavy atom. The highest BCUT2D eigenvalue weighted by atomic mass is 16.5. The number of H-pyrrole nitrogens is 1. The van der Waals surface area contributed by atoms with E-state index in [1.807, 2.05) is 31.2 Å². The molecule has 0 fully saturated rings. The van der Waals surface area contributed by atoms with Crippen LogP contribution < -0.4 is 4.74 Å². The van der Waals surface area contributed by atoms with Crippen LogP contribution in [-0.2, 0) is 11.2 Å². The molecule has 0 bridgehead atoms. The van der Waals surface area contributed by atoms with Gasteiger partial charge >= 0.3 is 0 Å². The minimum atomic E-state index is -0.0164. The molecule has 0 unspecified atom stereocenters. The van der Waals surface area contributed by atoms with Crippen LogP contribution in [0.2, 0.25) is 0 Å². The molecule has 1 amide bonds. The lowest BCUT2D eigenvalue weighted by Crippen LogP contribution is -2.31. The molecule has 9 nitrogen and oxygen atoms in total. The highest BCUT2D eigenvalue weighted by Crippen LogP contribution is 2.12. The summed E-state index contributed by atoms with van der Waals surface area (Å²) in [7, 11) is 1.75. The van der Waals surface area contributed by atoms with Gasteiger partial charge in [0.2, 0.25) is 17.6 Å². The van der Waals surface area contributed by atoms with E-state index in [0.717, 1.165) is 11.3 Å². The van der Waals surface area contributed by atoms with Crippen LogP contribution in [0.15, 0.2) is 35.1 Å². The molecule has 0 spiro atoms. The predicted octanol–water partition coefficient (Wildman–Crippen LogP) is 1.63. The van der Waals surface area contributed by atoms with E-state index in [4.69, 9.17) is 9.26 Å². The summed E-state index contributed by atoms with van der Waals surface area (Å²) in [5.41, 5.74) is 1.14. The number of hydrogen-bond donors (Lipinski definition) is 1. The monoisotopic (exact) mass is 356 g/mol. The normalized spacial score (nSPS) is 10.7. The van der Waals surface area contributed by atoms with Crippen LogP contribution in [0.5, 0.6) is 5.75 Å². The van der Waals surface area contributed by atoms with Gasteiger partial charge in [0.25, 0.3) is 0 Å². The maximum atomic E-state index is 12.2. The van der Waals surface area contributed by atoms with Crippen molar-refractivity contribution in [3.63, 3.8) is 0 Å². The molecule has 2 heterocycles. The van der Waals surface area contributed by atoms with Crippen LogP contribution >= 0.6 is 0 Å². The first-order valence-electron chi connectivity index (χ1n) is 8.23. The molecule has 0 atom stereocenters. The highest BCUT2D eigenvalue weighted by Gasteiger charge is 2.14. The Kier molecular flexibility index (Phi) is 5.57. The van der Waals surface area contributed by atoms with Crippen molar-refractivity contribution in [1.29, 1.82) is 0 Å². The van der Waals surface area contributed by atoms with E-state index in [1.165, 1.54) is 6.33 Å². The molecule has 0 aliphatic carbocycles. The van der Waals surface area contributed by atoms with E-state index in [9.17, 15) is 4.79 Å². The fourth-order valence-corrected chi connectivity index (χ4v) is 2.30. The third-order valence-electron chi connectivity index (χ3n) is 3.76. The molecule has 0 aliphatic heterocycles. The summed E-state index contributed by atoms with van der Waals surface area (Å²) < 4.78 is 10.8. The first kappa shape index (κ1) is 17.6. The molecule has 1 aromatic carbocycles. The van der Waals surface area contributed by atoms with Crippen LogP contribution in [0.25, 0.3) is 11.6 Å². The van der Waals surface area contributed by atoms with Gasteiger partial charge in [-0.15, -0.1) is 0 Å². The highest BCUT2D eigenvalue weighted by molar-refractivity contribution is 5.76. The van der Waals surface area contributed by atoms with Gasteiger partial charge in [-0.1, -0.05) is 17.3 Å². The number of carbonyl (C=O) groups is 1. The quantitative estimate of drug-likeness (QED) is 0.653. The van der Waals surface area contributed by atoms with Crippen molar-refractivity contribution in [3.8, 4) is 17.4 Å². The maximum absolute atomic E-state index is 12.2. The van der Waals surface area contributed by atoms with Crippen LogP contribution in [0.4, 0.5) is 0 Å². The SMILES string of the molecule is Cc1cccc(OCCN(C)C(=O)CCc2nc(-c3ncn[nH]3)no2)c1. The second kappa shape index (κ2) is 8.24. The second-order valence-electron chi connectivity index (χ2n) is 5.83. The van der Waals surface area contributed by atoms with Crippen molar-refractivity contribution < 1.29 is 14.1 Å². The van der Waals surface area contributed by atoms with Crippen molar-refractivity contribution in [1.82, 2.24) is 30.2 Å². The molecular weight excluding hydrogens is 336 g/mol. The van der Waals surface area contributed by atoms with Gasteiger partial charge in [0.05, 0.1) is 6.54 Å². The van der Waals surface area contributed by atoms with Crippen molar-refractivity contribution in [2.24, 2.45) is 0 Å². The van der Waals surface area contributed by atoms with E-state index in [1.54, 1.807) is 11.9 Å². The number of benzene rings is 1. The number of aromatic amines is 1. The van der Waals surface area contributed by atoms with E-state index >= 15 is 0 Å². The molecule has 0 saturated carbocycles. The molecule has 0 radical (unpaired) electrons. The summed E-state index contributed by atoms with van der Waals surface area (Å²) in [5, 5.41) is 10.2. The summed E-state index contributed by atoms with van der Waals surface area (Å²) in [6.07, 6.45) is 2.00. The zero-order valence-corrected chi connectivity index (χ0v) is 14.7. The number of aromatic nitrogens is 5. The fourth-order valence-electron chi connectivity index (χ4n) is 2.30. The Morgan fingerprint density at radius 3 is 3.04 bits per heavy atom. The van der Waals surface area contributed by atoms with E-state index in [2.05, 4.69) is 25.3 Å². The van der Waals surface area contributed by atoms with Gasteiger partial charge < -0.3 is 14.2 Å².